The Balaban J connectivity index is 1.55. The van der Waals surface area contributed by atoms with Gasteiger partial charge in [0.1, 0.15) is 89.1 Å². The fourth-order valence-corrected chi connectivity index (χ4v) is 12.9. The number of aliphatic hydroxyl groups is 1. The molecule has 1 saturated heterocycles. The molecule has 35 nitrogen and oxygen atoms in total. The highest BCUT2D eigenvalue weighted by Crippen LogP contribution is 2.30. The molecule has 39 heteroatoms. The van der Waals surface area contributed by atoms with Crippen LogP contribution in [0.4, 0.5) is 17.6 Å². The van der Waals surface area contributed by atoms with Gasteiger partial charge in [-0.25, -0.2) is 4.39 Å². The molecule has 4 aromatic rings. The number of rotatable bonds is 34. The van der Waals surface area contributed by atoms with Gasteiger partial charge in [0.2, 0.25) is 88.6 Å². The van der Waals surface area contributed by atoms with Crippen molar-refractivity contribution in [2.24, 2.45) is 11.7 Å². The van der Waals surface area contributed by atoms with Gasteiger partial charge in [-0.05, 0) is 138 Å². The number of aromatic hydroxyl groups is 1. The number of carboxylic acid groups (broad SMARTS) is 1. The van der Waals surface area contributed by atoms with Crippen molar-refractivity contribution in [3.05, 3.63) is 101 Å². The highest BCUT2D eigenvalue weighted by Gasteiger charge is 2.43. The number of carboxylic acids is 1. The number of alkyl halides is 3. The van der Waals surface area contributed by atoms with Crippen molar-refractivity contribution in [2.75, 3.05) is 13.7 Å². The lowest BCUT2D eigenvalue weighted by Crippen LogP contribution is -2.65. The number of amides is 15. The van der Waals surface area contributed by atoms with Crippen LogP contribution in [0.15, 0.2) is 72.9 Å². The summed E-state index contributed by atoms with van der Waals surface area (Å²) in [6, 6.07) is -4.59. The molecule has 1 aliphatic rings. The fraction of sp³-hybridized carbons (Fsp3) is 0.544. The van der Waals surface area contributed by atoms with Crippen LogP contribution in [-0.2, 0) is 102 Å². The maximum absolute atomic E-state index is 15.3. The van der Waals surface area contributed by atoms with Crippen LogP contribution in [0.5, 0.6) is 5.75 Å². The number of hydrogen-bond donors (Lipinski definition) is 19. The quantitative estimate of drug-likeness (QED) is 0.0286. The number of hydrogen-bond acceptors (Lipinski definition) is 18. The van der Waals surface area contributed by atoms with Crippen LogP contribution < -0.4 is 80.2 Å². The Hall–Kier alpha value is -11.8. The summed E-state index contributed by atoms with van der Waals surface area (Å²) in [4.78, 5) is 226. The number of aromatic nitrogens is 1. The molecule has 118 heavy (non-hydrogen) atoms. The maximum atomic E-state index is 15.3. The van der Waals surface area contributed by atoms with E-state index in [9.17, 15) is 100 Å². The number of carbonyl (C=O) groups excluding carboxylic acids is 15. The number of nitrogens with two attached hydrogens (primary N) is 1. The highest BCUT2D eigenvalue weighted by atomic mass is 19.4. The van der Waals surface area contributed by atoms with Crippen molar-refractivity contribution in [1.29, 1.82) is 0 Å². The number of aliphatic hydroxyl groups excluding tert-OH is 1. The van der Waals surface area contributed by atoms with E-state index in [1.54, 1.807) is 20.8 Å². The van der Waals surface area contributed by atoms with Crippen molar-refractivity contribution in [3.63, 3.8) is 0 Å². The van der Waals surface area contributed by atoms with Gasteiger partial charge in [0.15, 0.2) is 0 Å². The summed E-state index contributed by atoms with van der Waals surface area (Å²) in [5.41, 5.74) is 1.30. The lowest BCUT2D eigenvalue weighted by molar-refractivity contribution is -0.140. The lowest BCUT2D eigenvalue weighted by Gasteiger charge is -2.34. The standard InChI is InChI=1S/C79H110F4N16O19/c1-11-53(90-45(7)101)67(109)88-43(5)65(107)93-60(37-48-39-86-56-38-50(80)24-27-52(48)56)72(114)94-58(35-47-20-25-51(102)26-21-47)69(111)89-44(6)66(108)98-77(8)32-16-14-12-13-15-17-33-78(9,76(118)96-57(34-41(2)3)70(112)95-61(40-100)73(115)87-42(4)64(106)85-10)99-74(116)55(28-30-62(84)103)92-68(110)54(29-31-63(104)105)91-71(113)59(97-75(77)117)36-46-18-22-49(23-19-46)79(81,82)83/h18-27,38-39,41-44,53-55,57-61,86,100,102H,11-17,28-37,40H2,1-10H3,(H2,84,103)(H,85,106)(H,87,115)(H,88,109)(H,89,111)(H,90,101)(H,91,113)(H,92,110)(H,93,107)(H,94,114)(H,95,112)(H,96,118)(H,97,117)(H,98,108)(H,99,116)(H,104,105)/t42-,43-,44-,53-,54-,55-,57-,58-,59-,60-,61-,77?,78?/m1/s1. The summed E-state index contributed by atoms with van der Waals surface area (Å²) >= 11 is 0. The van der Waals surface area contributed by atoms with E-state index in [0.29, 0.717) is 59.8 Å². The smallest absolute Gasteiger partial charge is 0.416 e. The lowest BCUT2D eigenvalue weighted by atomic mass is 9.90. The minimum atomic E-state index is -4.84. The number of likely N-dealkylation sites (N-methyl/N-ethyl adjacent to an activating group) is 1. The van der Waals surface area contributed by atoms with E-state index in [2.05, 4.69) is 79.4 Å². The van der Waals surface area contributed by atoms with Crippen molar-refractivity contribution >= 4 is 105 Å². The molecule has 1 fully saturated rings. The Morgan fingerprint density at radius 2 is 1.08 bits per heavy atom. The third-order valence-corrected chi connectivity index (χ3v) is 19.9. The molecule has 20 N–H and O–H groups in total. The molecule has 0 spiro atoms. The van der Waals surface area contributed by atoms with Gasteiger partial charge in [-0.15, -0.1) is 0 Å². The Morgan fingerprint density at radius 1 is 0.576 bits per heavy atom. The first-order valence-corrected chi connectivity index (χ1v) is 38.9. The van der Waals surface area contributed by atoms with E-state index in [4.69, 9.17) is 5.73 Å². The third-order valence-electron chi connectivity index (χ3n) is 19.9. The number of halogens is 4. The molecule has 3 aromatic carbocycles. The van der Waals surface area contributed by atoms with E-state index >= 15 is 9.59 Å². The first-order chi connectivity index (χ1) is 55.4. The molecule has 5 rings (SSSR count). The van der Waals surface area contributed by atoms with Crippen LogP contribution in [0.3, 0.4) is 0 Å². The number of primary amides is 1. The molecule has 1 aromatic heterocycles. The van der Waals surface area contributed by atoms with Crippen LogP contribution in [-0.4, -0.2) is 206 Å². The van der Waals surface area contributed by atoms with E-state index in [1.165, 1.54) is 97.3 Å². The predicted octanol–water partition coefficient (Wildman–Crippen LogP) is 0.681. The predicted molar refractivity (Wildman–Crippen MR) is 419 cm³/mol. The average Bonchev–Trinajstić information content (AvgIpc) is 1.31. The second kappa shape index (κ2) is 45.1. The molecule has 2 heterocycles. The van der Waals surface area contributed by atoms with Crippen LogP contribution in [0.1, 0.15) is 174 Å². The van der Waals surface area contributed by atoms with E-state index in [1.807, 2.05) is 0 Å². The van der Waals surface area contributed by atoms with E-state index in [-0.39, 0.29) is 68.6 Å². The molecule has 15 amide bonds. The van der Waals surface area contributed by atoms with E-state index < -0.39 is 228 Å². The maximum Gasteiger partial charge on any atom is 0.416 e. The highest BCUT2D eigenvalue weighted by molar-refractivity contribution is 6.02. The topological polar surface area (TPSA) is 544 Å². The second-order valence-electron chi connectivity index (χ2n) is 30.3. The monoisotopic (exact) mass is 1660 g/mol. The molecule has 2 unspecified atom stereocenters. The summed E-state index contributed by atoms with van der Waals surface area (Å²) in [5.74, 6) is -17.2. The SMILES string of the molecule is CC[C@@H](NC(C)=O)C(=O)N[C@H](C)C(=O)N[C@H](Cc1c[nH]c2cc(F)ccc12)C(=O)N[C@H](Cc1ccc(O)cc1)C(=O)N[C@H](C)C(=O)NC1(C)CCCCCCCCC(C)(C(=O)N[C@H](CC(C)C)C(=O)N[C@H](CO)C(=O)N[C@H](C)C(=O)NC)NC(=O)[C@@H](CCC(N)=O)NC(=O)[C@@H](CCC(=O)O)NC(=O)[C@@H](Cc2ccc(C(F)(F)F)cc2)NC1=O. The zero-order valence-corrected chi connectivity index (χ0v) is 67.5. The molecule has 648 valence electrons. The zero-order valence-electron chi connectivity index (χ0n) is 67.5. The number of aliphatic carboxylic acids is 1. The number of H-pyrrole nitrogens is 1. The normalized spacial score (nSPS) is 20.0. The fourth-order valence-electron chi connectivity index (χ4n) is 12.9. The van der Waals surface area contributed by atoms with Crippen molar-refractivity contribution in [2.45, 2.75) is 255 Å². The Labute approximate surface area is 679 Å². The number of phenolic OH excluding ortho intramolecular Hbond substituents is 1. The number of fused-ring (bicyclic) bond motifs is 1. The number of carbonyl (C=O) groups is 16. The van der Waals surface area contributed by atoms with Crippen LogP contribution in [0, 0.1) is 11.7 Å². The van der Waals surface area contributed by atoms with Gasteiger partial charge in [-0.2, -0.15) is 13.2 Å². The zero-order chi connectivity index (χ0) is 88.1. The molecular formula is C79H110F4N16O19. The van der Waals surface area contributed by atoms with Crippen molar-refractivity contribution < 1.29 is 110 Å². The van der Waals surface area contributed by atoms with Crippen molar-refractivity contribution in [3.8, 4) is 5.75 Å². The summed E-state index contributed by atoms with van der Waals surface area (Å²) in [7, 11) is 1.32. The summed E-state index contributed by atoms with van der Waals surface area (Å²) in [6.07, 6.45) is -6.28. The Kier molecular flexibility index (Phi) is 37.0. The van der Waals surface area contributed by atoms with Crippen molar-refractivity contribution in [1.82, 2.24) is 79.4 Å². The first kappa shape index (κ1) is 96.8. The molecule has 0 bridgehead atoms. The Morgan fingerprint density at radius 3 is 1.65 bits per heavy atom. The molecule has 13 atom stereocenters. The van der Waals surface area contributed by atoms with Crippen LogP contribution in [0.25, 0.3) is 10.9 Å². The molecule has 0 saturated carbocycles. The minimum absolute atomic E-state index is 0.0226. The number of benzene rings is 3. The number of aromatic amines is 1. The summed E-state index contributed by atoms with van der Waals surface area (Å²) in [5, 5.41) is 66.0. The number of phenols is 1. The Bertz CT molecular complexity index is 4240. The molecule has 0 aliphatic carbocycles. The van der Waals surface area contributed by atoms with Crippen LogP contribution >= 0.6 is 0 Å². The van der Waals surface area contributed by atoms with Gasteiger partial charge < -0.3 is 100 Å². The summed E-state index contributed by atoms with van der Waals surface area (Å²) in [6.45, 7) is 11.7. The van der Waals surface area contributed by atoms with Gasteiger partial charge >= 0.3 is 12.1 Å². The molecule has 0 radical (unpaired) electrons. The van der Waals surface area contributed by atoms with Gasteiger partial charge in [-0.1, -0.05) is 83.6 Å². The van der Waals surface area contributed by atoms with Crippen LogP contribution in [0.2, 0.25) is 0 Å². The van der Waals surface area contributed by atoms with Gasteiger partial charge in [0, 0.05) is 63.2 Å². The largest absolute Gasteiger partial charge is 0.508 e. The second-order valence-corrected chi connectivity index (χ2v) is 30.3. The molecular weight excluding hydrogens is 1550 g/mol. The van der Waals surface area contributed by atoms with Gasteiger partial charge in [-0.3, -0.25) is 76.7 Å². The third kappa shape index (κ3) is 30.4. The average molecular weight is 1660 g/mol. The minimum Gasteiger partial charge on any atom is -0.508 e. The summed E-state index contributed by atoms with van der Waals surface area (Å²) < 4.78 is 56.4. The number of nitrogens with one attached hydrogen (secondary N) is 15. The molecule has 1 aliphatic heterocycles. The van der Waals surface area contributed by atoms with E-state index in [0.717, 1.165) is 12.1 Å². The first-order valence-electron chi connectivity index (χ1n) is 38.9. The van der Waals surface area contributed by atoms with Gasteiger partial charge in [0.25, 0.3) is 0 Å². The van der Waals surface area contributed by atoms with Gasteiger partial charge in [0.05, 0.1) is 12.2 Å².